The second-order valence-electron chi connectivity index (χ2n) is 5.88. The summed E-state index contributed by atoms with van der Waals surface area (Å²) in [6.45, 7) is 1.19. The number of nitrogens with one attached hydrogen (secondary N) is 1. The maximum Gasteiger partial charge on any atom is 0.0880 e. The summed E-state index contributed by atoms with van der Waals surface area (Å²) < 4.78 is 0.404. The molecule has 2 nitrogen and oxygen atoms in total. The Morgan fingerprint density at radius 3 is 2.84 bits per heavy atom. The molecule has 1 spiro atoms. The Morgan fingerprint density at radius 1 is 1.32 bits per heavy atom. The Labute approximate surface area is 125 Å². The van der Waals surface area contributed by atoms with Crippen molar-refractivity contribution in [3.05, 3.63) is 23.0 Å². The molecule has 1 saturated heterocycles. The van der Waals surface area contributed by atoms with E-state index in [1.54, 1.807) is 11.1 Å². The number of fused-ring (bicyclic) bond motifs is 2. The second-order valence-corrected chi connectivity index (χ2v) is 8.92. The Hall–Kier alpha value is -0.0600. The summed E-state index contributed by atoms with van der Waals surface area (Å²) in [5.74, 6) is 2.65. The zero-order chi connectivity index (χ0) is 13.3. The molecule has 0 bridgehead atoms. The molecule has 0 radical (unpaired) electrons. The van der Waals surface area contributed by atoms with Crippen molar-refractivity contribution in [2.45, 2.75) is 36.2 Å². The van der Waals surface area contributed by atoms with Crippen LogP contribution in [0.4, 0.5) is 0 Å². The fourth-order valence-electron chi connectivity index (χ4n) is 3.33. The smallest absolute Gasteiger partial charge is 0.0880 e. The van der Waals surface area contributed by atoms with Crippen LogP contribution in [0.1, 0.15) is 36.1 Å². The number of rotatable bonds is 4. The molecule has 0 atom stereocenters. The summed E-state index contributed by atoms with van der Waals surface area (Å²) in [6, 6.07) is 0. The largest absolute Gasteiger partial charge is 0.364 e. The third kappa shape index (κ3) is 2.72. The summed E-state index contributed by atoms with van der Waals surface area (Å²) in [6.07, 6.45) is 8.77. The fraction of sp³-hybridized carbons (Fsp3) is 0.733. The summed E-state index contributed by atoms with van der Waals surface area (Å²) in [5, 5.41) is 0. The molecule has 1 aromatic heterocycles. The van der Waals surface area contributed by atoms with Crippen molar-refractivity contribution in [3.8, 4) is 0 Å². The first kappa shape index (κ1) is 13.9. The minimum absolute atomic E-state index is 0.404. The van der Waals surface area contributed by atoms with Gasteiger partial charge in [0.15, 0.2) is 0 Å². The Bertz CT molecular complexity index is 433. The van der Waals surface area contributed by atoms with Gasteiger partial charge in [-0.3, -0.25) is 0 Å². The van der Waals surface area contributed by atoms with Crippen molar-refractivity contribution in [1.82, 2.24) is 9.88 Å². The number of hydrogen-bond acceptors (Lipinski definition) is 3. The average molecular weight is 297 g/mol. The van der Waals surface area contributed by atoms with E-state index >= 15 is 0 Å². The summed E-state index contributed by atoms with van der Waals surface area (Å²) in [7, 11) is 4.33. The van der Waals surface area contributed by atoms with Gasteiger partial charge in [-0.05, 0) is 58.3 Å². The topological polar surface area (TPSA) is 19.0 Å². The molecular weight excluding hydrogens is 272 g/mol. The van der Waals surface area contributed by atoms with E-state index in [-0.39, 0.29) is 0 Å². The lowest BCUT2D eigenvalue weighted by Gasteiger charge is -2.33. The SMILES string of the molecule is CN(C)CCCc1c[nH]c2c1C1(CCC2)SCCS1. The monoisotopic (exact) mass is 296 g/mol. The zero-order valence-corrected chi connectivity index (χ0v) is 13.6. The number of aromatic nitrogens is 1. The first-order valence-corrected chi connectivity index (χ1v) is 9.31. The van der Waals surface area contributed by atoms with Gasteiger partial charge in [0.25, 0.3) is 0 Å². The standard InChI is InChI=1S/C15H24N2S2/c1-17(2)8-4-5-12-11-16-13-6-3-7-15(14(12)13)18-9-10-19-15/h11,16H,3-10H2,1-2H3. The van der Waals surface area contributed by atoms with Crippen molar-refractivity contribution in [2.24, 2.45) is 0 Å². The molecule has 1 fully saturated rings. The van der Waals surface area contributed by atoms with Crippen LogP contribution in [0.5, 0.6) is 0 Å². The van der Waals surface area contributed by atoms with Crippen LogP contribution in [0.25, 0.3) is 0 Å². The van der Waals surface area contributed by atoms with E-state index in [1.165, 1.54) is 55.8 Å². The maximum absolute atomic E-state index is 3.58. The highest BCUT2D eigenvalue weighted by Gasteiger charge is 2.42. The molecule has 1 aliphatic heterocycles. The first-order valence-electron chi connectivity index (χ1n) is 7.33. The van der Waals surface area contributed by atoms with Gasteiger partial charge in [-0.2, -0.15) is 0 Å². The van der Waals surface area contributed by atoms with E-state index in [9.17, 15) is 0 Å². The third-order valence-electron chi connectivity index (χ3n) is 4.16. The number of aromatic amines is 1. The molecule has 3 rings (SSSR count). The minimum atomic E-state index is 0.404. The third-order valence-corrected chi connectivity index (χ3v) is 7.69. The molecule has 1 aromatic rings. The lowest BCUT2D eigenvalue weighted by molar-refractivity contribution is 0.400. The summed E-state index contributed by atoms with van der Waals surface area (Å²) in [5.41, 5.74) is 4.82. The van der Waals surface area contributed by atoms with Gasteiger partial charge in [-0.15, -0.1) is 23.5 Å². The van der Waals surface area contributed by atoms with Crippen molar-refractivity contribution in [2.75, 3.05) is 32.1 Å². The molecular formula is C15H24N2S2. The number of aryl methyl sites for hydroxylation is 2. The van der Waals surface area contributed by atoms with Crippen molar-refractivity contribution in [1.29, 1.82) is 0 Å². The van der Waals surface area contributed by atoms with Crippen molar-refractivity contribution < 1.29 is 0 Å². The molecule has 0 saturated carbocycles. The van der Waals surface area contributed by atoms with Crippen molar-refractivity contribution in [3.63, 3.8) is 0 Å². The molecule has 19 heavy (non-hydrogen) atoms. The van der Waals surface area contributed by atoms with Crippen LogP contribution in [0.15, 0.2) is 6.20 Å². The zero-order valence-electron chi connectivity index (χ0n) is 12.0. The van der Waals surface area contributed by atoms with E-state index in [2.05, 4.69) is 53.7 Å². The van der Waals surface area contributed by atoms with Gasteiger partial charge in [-0.1, -0.05) is 0 Å². The van der Waals surface area contributed by atoms with E-state index in [0.717, 1.165) is 0 Å². The van der Waals surface area contributed by atoms with Gasteiger partial charge < -0.3 is 9.88 Å². The highest BCUT2D eigenvalue weighted by molar-refractivity contribution is 8.20. The quantitative estimate of drug-likeness (QED) is 0.918. The number of nitrogens with zero attached hydrogens (tertiary/aromatic N) is 1. The molecule has 1 aliphatic carbocycles. The Morgan fingerprint density at radius 2 is 2.11 bits per heavy atom. The Balaban J connectivity index is 1.81. The molecule has 4 heteroatoms. The summed E-state index contributed by atoms with van der Waals surface area (Å²) in [4.78, 5) is 5.86. The van der Waals surface area contributed by atoms with Gasteiger partial charge in [0.1, 0.15) is 0 Å². The van der Waals surface area contributed by atoms with Crippen LogP contribution in [-0.2, 0) is 16.9 Å². The summed E-state index contributed by atoms with van der Waals surface area (Å²) >= 11 is 4.40. The van der Waals surface area contributed by atoms with Crippen LogP contribution >= 0.6 is 23.5 Å². The fourth-order valence-corrected chi connectivity index (χ4v) is 6.87. The Kier molecular flexibility index (Phi) is 4.20. The van der Waals surface area contributed by atoms with Crippen LogP contribution < -0.4 is 0 Å². The van der Waals surface area contributed by atoms with E-state index in [0.29, 0.717) is 4.08 Å². The molecule has 1 N–H and O–H groups in total. The molecule has 0 aromatic carbocycles. The van der Waals surface area contributed by atoms with Gasteiger partial charge in [0, 0.05) is 29.0 Å². The molecule has 106 valence electrons. The maximum atomic E-state index is 3.58. The van der Waals surface area contributed by atoms with E-state index in [1.807, 2.05) is 0 Å². The lowest BCUT2D eigenvalue weighted by atomic mass is 9.92. The second kappa shape index (κ2) is 5.74. The predicted molar refractivity (Wildman–Crippen MR) is 87.2 cm³/mol. The van der Waals surface area contributed by atoms with E-state index < -0.39 is 0 Å². The van der Waals surface area contributed by atoms with Crippen LogP contribution in [0.2, 0.25) is 0 Å². The van der Waals surface area contributed by atoms with Gasteiger partial charge in [-0.25, -0.2) is 0 Å². The molecule has 2 aliphatic rings. The predicted octanol–water partition coefficient (Wildman–Crippen LogP) is 3.48. The van der Waals surface area contributed by atoms with Gasteiger partial charge >= 0.3 is 0 Å². The normalized spacial score (nSPS) is 21.2. The van der Waals surface area contributed by atoms with Crippen LogP contribution in [0.3, 0.4) is 0 Å². The molecule has 2 heterocycles. The molecule has 0 amide bonds. The van der Waals surface area contributed by atoms with Crippen LogP contribution in [0, 0.1) is 0 Å². The average Bonchev–Trinajstić information content (AvgIpc) is 2.98. The number of hydrogen-bond donors (Lipinski definition) is 1. The van der Waals surface area contributed by atoms with Gasteiger partial charge in [0.05, 0.1) is 4.08 Å². The lowest BCUT2D eigenvalue weighted by Crippen LogP contribution is -2.22. The highest BCUT2D eigenvalue weighted by atomic mass is 32.2. The van der Waals surface area contributed by atoms with Crippen LogP contribution in [-0.4, -0.2) is 42.0 Å². The van der Waals surface area contributed by atoms with Gasteiger partial charge in [0.2, 0.25) is 0 Å². The van der Waals surface area contributed by atoms with E-state index in [4.69, 9.17) is 0 Å². The molecule has 0 unspecified atom stereocenters. The number of thioether (sulfide) groups is 2. The van der Waals surface area contributed by atoms with Crippen molar-refractivity contribution >= 4 is 23.5 Å². The minimum Gasteiger partial charge on any atom is -0.364 e. The highest BCUT2D eigenvalue weighted by Crippen LogP contribution is 2.58. The number of H-pyrrole nitrogens is 1. The first-order chi connectivity index (χ1) is 9.21.